The summed E-state index contributed by atoms with van der Waals surface area (Å²) < 4.78 is 1.67. The SMILES string of the molecule is NC(CCSCc1nnnn1-c1ccccc1)C(=O)O. The minimum absolute atomic E-state index is 0.424. The monoisotopic (exact) mass is 293 g/mol. The summed E-state index contributed by atoms with van der Waals surface area (Å²) in [5.74, 6) is 1.01. The van der Waals surface area contributed by atoms with Gasteiger partial charge < -0.3 is 10.8 Å². The van der Waals surface area contributed by atoms with Crippen LogP contribution < -0.4 is 5.73 Å². The number of benzene rings is 1. The fourth-order valence-corrected chi connectivity index (χ4v) is 2.49. The van der Waals surface area contributed by atoms with Crippen LogP contribution in [0.2, 0.25) is 0 Å². The number of nitrogens with zero attached hydrogens (tertiary/aromatic N) is 4. The number of hydrogen-bond acceptors (Lipinski definition) is 6. The van der Waals surface area contributed by atoms with Gasteiger partial charge in [0, 0.05) is 0 Å². The summed E-state index contributed by atoms with van der Waals surface area (Å²) in [7, 11) is 0. The molecule has 106 valence electrons. The highest BCUT2D eigenvalue weighted by Gasteiger charge is 2.12. The molecule has 1 aromatic carbocycles. The number of nitrogens with two attached hydrogens (primary N) is 1. The van der Waals surface area contributed by atoms with Crippen molar-refractivity contribution < 1.29 is 9.90 Å². The summed E-state index contributed by atoms with van der Waals surface area (Å²) in [5.41, 5.74) is 6.34. The molecule has 0 aliphatic rings. The van der Waals surface area contributed by atoms with Crippen molar-refractivity contribution in [2.45, 2.75) is 18.2 Å². The lowest BCUT2D eigenvalue weighted by Crippen LogP contribution is -2.30. The van der Waals surface area contributed by atoms with Crippen LogP contribution in [0.1, 0.15) is 12.2 Å². The van der Waals surface area contributed by atoms with E-state index < -0.39 is 12.0 Å². The Morgan fingerprint density at radius 2 is 2.15 bits per heavy atom. The third-order valence-electron chi connectivity index (χ3n) is 2.66. The Labute approximate surface area is 120 Å². The Kier molecular flexibility index (Phi) is 5.08. The molecule has 0 fully saturated rings. The number of carbonyl (C=O) groups is 1. The highest BCUT2D eigenvalue weighted by atomic mass is 32.2. The second-order valence-corrected chi connectivity index (χ2v) is 5.23. The molecule has 20 heavy (non-hydrogen) atoms. The lowest BCUT2D eigenvalue weighted by molar-refractivity contribution is -0.138. The van der Waals surface area contributed by atoms with Crippen molar-refractivity contribution in [2.24, 2.45) is 5.73 Å². The van der Waals surface area contributed by atoms with Gasteiger partial charge in [-0.1, -0.05) is 18.2 Å². The fourth-order valence-electron chi connectivity index (χ4n) is 1.56. The predicted octanol–water partition coefficient (Wildman–Crippen LogP) is 0.697. The number of tetrazole rings is 1. The summed E-state index contributed by atoms with van der Waals surface area (Å²) in [6.45, 7) is 0. The molecule has 0 radical (unpaired) electrons. The number of carboxylic acid groups (broad SMARTS) is 1. The summed E-state index contributed by atoms with van der Waals surface area (Å²) in [6, 6.07) is 8.79. The van der Waals surface area contributed by atoms with E-state index >= 15 is 0 Å². The minimum atomic E-state index is -0.972. The Bertz CT molecular complexity index is 560. The highest BCUT2D eigenvalue weighted by molar-refractivity contribution is 7.98. The Morgan fingerprint density at radius 3 is 2.85 bits per heavy atom. The van der Waals surface area contributed by atoms with E-state index in [-0.39, 0.29) is 0 Å². The molecule has 0 saturated carbocycles. The van der Waals surface area contributed by atoms with Crippen LogP contribution in [0, 0.1) is 0 Å². The van der Waals surface area contributed by atoms with Crippen molar-refractivity contribution in [3.05, 3.63) is 36.2 Å². The van der Waals surface area contributed by atoms with Crippen LogP contribution in [0.3, 0.4) is 0 Å². The summed E-state index contributed by atoms with van der Waals surface area (Å²) in [4.78, 5) is 10.6. The van der Waals surface area contributed by atoms with Crippen LogP contribution in [-0.2, 0) is 10.5 Å². The van der Waals surface area contributed by atoms with Crippen molar-refractivity contribution in [1.29, 1.82) is 0 Å². The van der Waals surface area contributed by atoms with E-state index in [1.165, 1.54) is 0 Å². The number of para-hydroxylation sites is 1. The highest BCUT2D eigenvalue weighted by Crippen LogP contribution is 2.14. The van der Waals surface area contributed by atoms with E-state index in [1.807, 2.05) is 30.3 Å². The normalized spacial score (nSPS) is 12.2. The molecule has 0 aliphatic carbocycles. The van der Waals surface area contributed by atoms with Gasteiger partial charge in [-0.2, -0.15) is 16.4 Å². The van der Waals surface area contributed by atoms with Gasteiger partial charge in [-0.25, -0.2) is 0 Å². The zero-order valence-electron chi connectivity index (χ0n) is 10.7. The predicted molar refractivity (Wildman–Crippen MR) is 75.5 cm³/mol. The first-order chi connectivity index (χ1) is 9.68. The first-order valence-corrected chi connectivity index (χ1v) is 7.23. The third-order valence-corrected chi connectivity index (χ3v) is 3.64. The van der Waals surface area contributed by atoms with Gasteiger partial charge in [0.25, 0.3) is 0 Å². The summed E-state index contributed by atoms with van der Waals surface area (Å²) >= 11 is 1.56. The Morgan fingerprint density at radius 1 is 1.40 bits per heavy atom. The molecule has 0 amide bonds. The number of carboxylic acids is 1. The molecule has 1 atom stereocenters. The molecule has 2 rings (SSSR count). The van der Waals surface area contributed by atoms with Gasteiger partial charge in [0.05, 0.1) is 11.4 Å². The lowest BCUT2D eigenvalue weighted by Gasteiger charge is -2.06. The molecule has 0 saturated heterocycles. The topological polar surface area (TPSA) is 107 Å². The molecular weight excluding hydrogens is 278 g/mol. The fraction of sp³-hybridized carbons (Fsp3) is 0.333. The Hall–Kier alpha value is -1.93. The molecule has 0 spiro atoms. The molecule has 8 heteroatoms. The molecule has 1 aromatic heterocycles. The number of hydrogen-bond donors (Lipinski definition) is 2. The van der Waals surface area contributed by atoms with E-state index in [2.05, 4.69) is 15.5 Å². The van der Waals surface area contributed by atoms with Crippen LogP contribution in [0.25, 0.3) is 5.69 Å². The molecule has 2 aromatic rings. The number of thioether (sulfide) groups is 1. The summed E-state index contributed by atoms with van der Waals surface area (Å²) in [5, 5.41) is 20.3. The smallest absolute Gasteiger partial charge is 0.320 e. The van der Waals surface area contributed by atoms with Gasteiger partial charge in [-0.15, -0.1) is 5.10 Å². The van der Waals surface area contributed by atoms with E-state index in [4.69, 9.17) is 10.8 Å². The average molecular weight is 293 g/mol. The van der Waals surface area contributed by atoms with Crippen molar-refractivity contribution >= 4 is 17.7 Å². The standard InChI is InChI=1S/C12H15N5O2S/c13-10(12(18)19)6-7-20-8-11-14-15-16-17(11)9-4-2-1-3-5-9/h1-5,10H,6-8,13H2,(H,18,19). The van der Waals surface area contributed by atoms with Gasteiger partial charge in [0.15, 0.2) is 5.82 Å². The molecule has 1 heterocycles. The van der Waals surface area contributed by atoms with Crippen molar-refractivity contribution in [1.82, 2.24) is 20.2 Å². The summed E-state index contributed by atoms with van der Waals surface area (Å²) in [6.07, 6.45) is 0.424. The molecule has 0 bridgehead atoms. The molecule has 0 aliphatic heterocycles. The van der Waals surface area contributed by atoms with Gasteiger partial charge in [0.2, 0.25) is 0 Å². The van der Waals surface area contributed by atoms with Crippen LogP contribution in [0.15, 0.2) is 30.3 Å². The second-order valence-electron chi connectivity index (χ2n) is 4.13. The molecule has 7 nitrogen and oxygen atoms in total. The van der Waals surface area contributed by atoms with E-state index in [0.29, 0.717) is 17.9 Å². The molecule has 1 unspecified atom stereocenters. The quantitative estimate of drug-likeness (QED) is 0.723. The zero-order chi connectivity index (χ0) is 14.4. The number of aliphatic carboxylic acids is 1. The maximum atomic E-state index is 10.6. The van der Waals surface area contributed by atoms with Crippen molar-refractivity contribution in [3.8, 4) is 5.69 Å². The van der Waals surface area contributed by atoms with Gasteiger partial charge >= 0.3 is 5.97 Å². The number of rotatable bonds is 7. The second kappa shape index (κ2) is 7.01. The zero-order valence-corrected chi connectivity index (χ0v) is 11.5. The Balaban J connectivity index is 1.89. The number of aromatic nitrogens is 4. The van der Waals surface area contributed by atoms with Crippen molar-refractivity contribution in [2.75, 3.05) is 5.75 Å². The van der Waals surface area contributed by atoms with Gasteiger partial charge in [-0.3, -0.25) is 4.79 Å². The minimum Gasteiger partial charge on any atom is -0.480 e. The van der Waals surface area contributed by atoms with E-state index in [9.17, 15) is 4.79 Å². The first-order valence-electron chi connectivity index (χ1n) is 6.07. The van der Waals surface area contributed by atoms with Gasteiger partial charge in [0.1, 0.15) is 6.04 Å². The van der Waals surface area contributed by atoms with E-state index in [0.717, 1.165) is 11.5 Å². The largest absolute Gasteiger partial charge is 0.480 e. The first kappa shape index (κ1) is 14.5. The third kappa shape index (κ3) is 3.78. The maximum Gasteiger partial charge on any atom is 0.320 e. The van der Waals surface area contributed by atoms with E-state index in [1.54, 1.807) is 16.4 Å². The van der Waals surface area contributed by atoms with Crippen LogP contribution in [0.5, 0.6) is 0 Å². The molecular formula is C12H15N5O2S. The average Bonchev–Trinajstić information content (AvgIpc) is 2.92. The van der Waals surface area contributed by atoms with Crippen molar-refractivity contribution in [3.63, 3.8) is 0 Å². The van der Waals surface area contributed by atoms with Crippen LogP contribution in [-0.4, -0.2) is 43.1 Å². The van der Waals surface area contributed by atoms with Crippen LogP contribution in [0.4, 0.5) is 0 Å². The lowest BCUT2D eigenvalue weighted by atomic mass is 10.2. The maximum absolute atomic E-state index is 10.6. The van der Waals surface area contributed by atoms with Gasteiger partial charge in [-0.05, 0) is 34.7 Å². The molecule has 3 N–H and O–H groups in total. The van der Waals surface area contributed by atoms with Crippen LogP contribution >= 0.6 is 11.8 Å².